The number of rotatable bonds is 22. The molecule has 1 fully saturated rings. The minimum Gasteiger partial charge on any atom is -0.494 e. The molecular formula is C39H54O7. The van der Waals surface area contributed by atoms with Gasteiger partial charge in [0, 0.05) is 13.0 Å². The molecule has 46 heavy (non-hydrogen) atoms. The Morgan fingerprint density at radius 1 is 0.761 bits per heavy atom. The summed E-state index contributed by atoms with van der Waals surface area (Å²) in [6.07, 6.45) is 14.2. The summed E-state index contributed by atoms with van der Waals surface area (Å²) >= 11 is 0. The van der Waals surface area contributed by atoms with Crippen molar-refractivity contribution in [2.45, 2.75) is 110 Å². The van der Waals surface area contributed by atoms with Crippen LogP contribution in [0.2, 0.25) is 0 Å². The van der Waals surface area contributed by atoms with Crippen molar-refractivity contribution in [3.8, 4) is 11.5 Å². The van der Waals surface area contributed by atoms with Gasteiger partial charge in [-0.2, -0.15) is 0 Å². The molecule has 0 spiro atoms. The molecule has 2 aromatic carbocycles. The lowest BCUT2D eigenvalue weighted by Gasteiger charge is -2.28. The first-order valence-corrected chi connectivity index (χ1v) is 17.3. The van der Waals surface area contributed by atoms with Gasteiger partial charge >= 0.3 is 11.9 Å². The van der Waals surface area contributed by atoms with E-state index in [4.69, 9.17) is 18.9 Å². The maximum Gasteiger partial charge on any atom is 0.343 e. The van der Waals surface area contributed by atoms with Gasteiger partial charge in [-0.05, 0) is 131 Å². The van der Waals surface area contributed by atoms with E-state index in [9.17, 15) is 14.4 Å². The second kappa shape index (κ2) is 21.4. The van der Waals surface area contributed by atoms with E-state index in [1.165, 1.54) is 44.1 Å². The molecule has 0 aliphatic heterocycles. The minimum atomic E-state index is -0.377. The van der Waals surface area contributed by atoms with Gasteiger partial charge in [0.15, 0.2) is 5.78 Å². The Labute approximate surface area is 276 Å². The van der Waals surface area contributed by atoms with E-state index in [-0.39, 0.29) is 24.3 Å². The fourth-order valence-corrected chi connectivity index (χ4v) is 5.80. The van der Waals surface area contributed by atoms with Gasteiger partial charge < -0.3 is 18.9 Å². The quantitative estimate of drug-likeness (QED) is 0.0552. The maximum absolute atomic E-state index is 12.7. The molecule has 0 bridgehead atoms. The predicted octanol–water partition coefficient (Wildman–Crippen LogP) is 9.18. The molecule has 0 N–H and O–H groups in total. The number of unbranched alkanes of at least 4 members (excludes halogenated alkanes) is 5. The highest BCUT2D eigenvalue weighted by atomic mass is 16.5. The topological polar surface area (TPSA) is 88.1 Å². The van der Waals surface area contributed by atoms with Gasteiger partial charge in [-0.1, -0.05) is 44.9 Å². The van der Waals surface area contributed by atoms with E-state index in [1.54, 1.807) is 31.2 Å². The molecule has 0 amide bonds. The van der Waals surface area contributed by atoms with Crippen molar-refractivity contribution in [2.24, 2.45) is 5.92 Å². The second-order valence-corrected chi connectivity index (χ2v) is 12.5. The van der Waals surface area contributed by atoms with Gasteiger partial charge in [-0.3, -0.25) is 9.59 Å². The molecule has 1 aliphatic rings. The first-order chi connectivity index (χ1) is 22.4. The normalized spacial score (nSPS) is 16.0. The van der Waals surface area contributed by atoms with Crippen LogP contribution < -0.4 is 9.47 Å². The van der Waals surface area contributed by atoms with Crippen LogP contribution in [0.5, 0.6) is 11.5 Å². The highest BCUT2D eigenvalue weighted by Gasteiger charge is 2.22. The smallest absolute Gasteiger partial charge is 0.343 e. The number of carbonyl (C=O) groups excluding carboxylic acids is 3. The van der Waals surface area contributed by atoms with Crippen LogP contribution in [0.4, 0.5) is 0 Å². The standard InChI is InChI=1S/C39H54O7/c1-4-12-31-14-16-32(17-15-31)33-18-24-36(25-19-33)46-39(42)34-20-22-35(23-21-34)44-27-10-5-6-11-28-45-38(41)13-8-7-9-26-43-29-37(40)30(2)3/h18-25,31-32H,2,4-17,26-29H2,1,3H3. The third-order valence-electron chi connectivity index (χ3n) is 8.64. The summed E-state index contributed by atoms with van der Waals surface area (Å²) in [6, 6.07) is 15.1. The first-order valence-electron chi connectivity index (χ1n) is 17.3. The number of hydrogen-bond donors (Lipinski definition) is 0. The summed E-state index contributed by atoms with van der Waals surface area (Å²) in [5.74, 6) is 2.17. The Bertz CT molecular complexity index is 1190. The van der Waals surface area contributed by atoms with Crippen LogP contribution in [0.1, 0.15) is 126 Å². The summed E-state index contributed by atoms with van der Waals surface area (Å²) in [5.41, 5.74) is 2.34. The number of carbonyl (C=O) groups is 3. The lowest BCUT2D eigenvalue weighted by atomic mass is 9.77. The molecule has 0 unspecified atom stereocenters. The number of benzene rings is 2. The van der Waals surface area contributed by atoms with Crippen LogP contribution in [0.25, 0.3) is 0 Å². The molecule has 252 valence electrons. The molecule has 7 heteroatoms. The van der Waals surface area contributed by atoms with Crippen molar-refractivity contribution in [3.63, 3.8) is 0 Å². The van der Waals surface area contributed by atoms with Crippen molar-refractivity contribution in [1.82, 2.24) is 0 Å². The fourth-order valence-electron chi connectivity index (χ4n) is 5.80. The van der Waals surface area contributed by atoms with Gasteiger partial charge in [-0.15, -0.1) is 0 Å². The average Bonchev–Trinajstić information content (AvgIpc) is 3.06. The third kappa shape index (κ3) is 14.3. The molecule has 0 aromatic heterocycles. The van der Waals surface area contributed by atoms with Crippen LogP contribution in [0.3, 0.4) is 0 Å². The van der Waals surface area contributed by atoms with Gasteiger partial charge in [-0.25, -0.2) is 4.79 Å². The van der Waals surface area contributed by atoms with E-state index in [2.05, 4.69) is 25.6 Å². The SMILES string of the molecule is C=C(C)C(=O)COCCCCCC(=O)OCCCCCCOc1ccc(C(=O)Oc2ccc(C3CCC(CCC)CC3)cc2)cc1. The molecule has 2 aromatic rings. The Balaban J connectivity index is 1.19. The van der Waals surface area contributed by atoms with Crippen LogP contribution in [-0.4, -0.2) is 44.1 Å². The molecule has 1 saturated carbocycles. The summed E-state index contributed by atoms with van der Waals surface area (Å²) in [7, 11) is 0. The van der Waals surface area contributed by atoms with Gasteiger partial charge in [0.25, 0.3) is 0 Å². The van der Waals surface area contributed by atoms with E-state index in [0.717, 1.165) is 56.6 Å². The highest BCUT2D eigenvalue weighted by Crippen LogP contribution is 2.37. The molecule has 0 heterocycles. The zero-order chi connectivity index (χ0) is 33.0. The number of esters is 2. The molecule has 0 radical (unpaired) electrons. The molecule has 3 rings (SSSR count). The van der Waals surface area contributed by atoms with Crippen LogP contribution >= 0.6 is 0 Å². The van der Waals surface area contributed by atoms with Crippen LogP contribution in [0, 0.1) is 5.92 Å². The van der Waals surface area contributed by atoms with E-state index in [0.29, 0.717) is 49.0 Å². The van der Waals surface area contributed by atoms with E-state index < -0.39 is 0 Å². The summed E-state index contributed by atoms with van der Waals surface area (Å²) in [5, 5.41) is 0. The second-order valence-electron chi connectivity index (χ2n) is 12.5. The average molecular weight is 635 g/mol. The van der Waals surface area contributed by atoms with E-state index in [1.807, 2.05) is 12.1 Å². The monoisotopic (exact) mass is 634 g/mol. The van der Waals surface area contributed by atoms with Gasteiger partial charge in [0.05, 0.1) is 18.8 Å². The molecule has 7 nitrogen and oxygen atoms in total. The Morgan fingerprint density at radius 3 is 2.07 bits per heavy atom. The highest BCUT2D eigenvalue weighted by molar-refractivity contribution is 5.95. The van der Waals surface area contributed by atoms with Crippen molar-refractivity contribution in [3.05, 3.63) is 71.8 Å². The lowest BCUT2D eigenvalue weighted by Crippen LogP contribution is -2.13. The maximum atomic E-state index is 12.7. The van der Waals surface area contributed by atoms with Crippen molar-refractivity contribution in [2.75, 3.05) is 26.4 Å². The van der Waals surface area contributed by atoms with Crippen LogP contribution in [0.15, 0.2) is 60.7 Å². The number of Topliss-reactive ketones (excluding diaryl/α,β-unsaturated/α-hetero) is 1. The van der Waals surface area contributed by atoms with Gasteiger partial charge in [0.2, 0.25) is 0 Å². The zero-order valence-corrected chi connectivity index (χ0v) is 28.1. The lowest BCUT2D eigenvalue weighted by molar-refractivity contribution is -0.143. The van der Waals surface area contributed by atoms with Gasteiger partial charge in [0.1, 0.15) is 18.1 Å². The number of hydrogen-bond acceptors (Lipinski definition) is 7. The Hall–Kier alpha value is -3.45. The first kappa shape index (κ1) is 37.0. The zero-order valence-electron chi connectivity index (χ0n) is 28.1. The predicted molar refractivity (Wildman–Crippen MR) is 181 cm³/mol. The minimum absolute atomic E-state index is 0.0740. The Morgan fingerprint density at radius 2 is 1.39 bits per heavy atom. The largest absolute Gasteiger partial charge is 0.494 e. The molecular weight excluding hydrogens is 580 g/mol. The summed E-state index contributed by atoms with van der Waals surface area (Å²) in [4.78, 5) is 35.9. The van der Waals surface area contributed by atoms with Crippen molar-refractivity contribution >= 4 is 17.7 Å². The summed E-state index contributed by atoms with van der Waals surface area (Å²) < 4.78 is 22.1. The number of ketones is 1. The number of ether oxygens (including phenoxy) is 4. The third-order valence-corrected chi connectivity index (χ3v) is 8.64. The molecule has 0 atom stereocenters. The molecule has 1 aliphatic carbocycles. The van der Waals surface area contributed by atoms with Crippen molar-refractivity contribution < 1.29 is 33.3 Å². The fraction of sp³-hybridized carbons (Fsp3) is 0.564. The van der Waals surface area contributed by atoms with E-state index >= 15 is 0 Å². The van der Waals surface area contributed by atoms with Crippen LogP contribution in [-0.2, 0) is 19.1 Å². The Kier molecular flexibility index (Phi) is 17.2. The summed E-state index contributed by atoms with van der Waals surface area (Å²) in [6.45, 7) is 9.14. The van der Waals surface area contributed by atoms with Crippen molar-refractivity contribution in [1.29, 1.82) is 0 Å². The molecule has 0 saturated heterocycles.